The lowest BCUT2D eigenvalue weighted by atomic mass is 10.1. The number of carboxylic acid groups (broad SMARTS) is 1. The van der Waals surface area contributed by atoms with E-state index < -0.39 is 5.97 Å². The molecule has 1 aromatic carbocycles. The SMILES string of the molecule is O=C(Nc1c(Cl)cccc1C(=O)O)c1ccsc1. The number of carbonyl (C=O) groups excluding carboxylic acids is 1. The van der Waals surface area contributed by atoms with Crippen molar-refractivity contribution in [3.05, 3.63) is 51.2 Å². The van der Waals surface area contributed by atoms with Gasteiger partial charge >= 0.3 is 5.97 Å². The van der Waals surface area contributed by atoms with E-state index >= 15 is 0 Å². The van der Waals surface area contributed by atoms with Gasteiger partial charge in [0.25, 0.3) is 5.91 Å². The van der Waals surface area contributed by atoms with Gasteiger partial charge in [-0.3, -0.25) is 4.79 Å². The van der Waals surface area contributed by atoms with Gasteiger partial charge in [0.05, 0.1) is 21.8 Å². The van der Waals surface area contributed by atoms with E-state index in [0.29, 0.717) is 5.56 Å². The third-order valence-corrected chi connectivity index (χ3v) is 3.26. The molecule has 2 N–H and O–H groups in total. The van der Waals surface area contributed by atoms with Crippen LogP contribution in [0.4, 0.5) is 5.69 Å². The number of hydrogen-bond acceptors (Lipinski definition) is 3. The zero-order valence-corrected chi connectivity index (χ0v) is 10.6. The van der Waals surface area contributed by atoms with Crippen LogP contribution in [0.2, 0.25) is 5.02 Å². The number of rotatable bonds is 3. The summed E-state index contributed by atoms with van der Waals surface area (Å²) >= 11 is 7.29. The molecule has 4 nitrogen and oxygen atoms in total. The van der Waals surface area contributed by atoms with Gasteiger partial charge in [-0.25, -0.2) is 4.79 Å². The second-order valence-corrected chi connectivity index (χ2v) is 4.62. The first-order chi connectivity index (χ1) is 8.59. The van der Waals surface area contributed by atoms with Gasteiger partial charge in [-0.05, 0) is 23.6 Å². The maximum Gasteiger partial charge on any atom is 0.337 e. The number of benzene rings is 1. The Labute approximate surface area is 112 Å². The highest BCUT2D eigenvalue weighted by molar-refractivity contribution is 7.08. The van der Waals surface area contributed by atoms with Crippen molar-refractivity contribution in [1.29, 1.82) is 0 Å². The summed E-state index contributed by atoms with van der Waals surface area (Å²) < 4.78 is 0. The van der Waals surface area contributed by atoms with Gasteiger partial charge in [-0.2, -0.15) is 11.3 Å². The van der Waals surface area contributed by atoms with E-state index in [2.05, 4.69) is 5.32 Å². The number of nitrogens with one attached hydrogen (secondary N) is 1. The molecule has 0 spiro atoms. The number of amides is 1. The molecule has 0 radical (unpaired) electrons. The summed E-state index contributed by atoms with van der Waals surface area (Å²) in [6.07, 6.45) is 0. The van der Waals surface area contributed by atoms with Gasteiger partial charge in [0, 0.05) is 5.38 Å². The van der Waals surface area contributed by atoms with Crippen LogP contribution in [-0.2, 0) is 0 Å². The number of carboxylic acids is 1. The molecule has 6 heteroatoms. The van der Waals surface area contributed by atoms with E-state index in [9.17, 15) is 9.59 Å². The van der Waals surface area contributed by atoms with E-state index in [-0.39, 0.29) is 22.2 Å². The third kappa shape index (κ3) is 2.52. The number of anilines is 1. The summed E-state index contributed by atoms with van der Waals surface area (Å²) in [5, 5.41) is 15.2. The van der Waals surface area contributed by atoms with Gasteiger partial charge in [0.15, 0.2) is 0 Å². The molecule has 1 aromatic heterocycles. The molecule has 0 saturated heterocycles. The van der Waals surface area contributed by atoms with Gasteiger partial charge < -0.3 is 10.4 Å². The fourth-order valence-corrected chi connectivity index (χ4v) is 2.27. The summed E-state index contributed by atoms with van der Waals surface area (Å²) in [6, 6.07) is 6.08. The zero-order chi connectivity index (χ0) is 13.1. The van der Waals surface area contributed by atoms with Crippen LogP contribution in [0.1, 0.15) is 20.7 Å². The minimum atomic E-state index is -1.14. The Bertz CT molecular complexity index is 595. The van der Waals surface area contributed by atoms with Crippen LogP contribution in [0.5, 0.6) is 0 Å². The molecule has 1 amide bonds. The highest BCUT2D eigenvalue weighted by Gasteiger charge is 2.16. The molecule has 0 atom stereocenters. The molecule has 0 bridgehead atoms. The van der Waals surface area contributed by atoms with Gasteiger partial charge in [-0.15, -0.1) is 0 Å². The van der Waals surface area contributed by atoms with Gasteiger partial charge in [0.1, 0.15) is 0 Å². The highest BCUT2D eigenvalue weighted by Crippen LogP contribution is 2.26. The maximum absolute atomic E-state index is 11.8. The van der Waals surface area contributed by atoms with E-state index in [1.807, 2.05) is 0 Å². The van der Waals surface area contributed by atoms with Crippen molar-refractivity contribution in [2.24, 2.45) is 0 Å². The van der Waals surface area contributed by atoms with E-state index in [4.69, 9.17) is 16.7 Å². The lowest BCUT2D eigenvalue weighted by molar-refractivity contribution is 0.0698. The Balaban J connectivity index is 2.34. The Kier molecular flexibility index (Phi) is 3.64. The second-order valence-electron chi connectivity index (χ2n) is 3.43. The number of aromatic carboxylic acids is 1. The van der Waals surface area contributed by atoms with Gasteiger partial charge in [-0.1, -0.05) is 17.7 Å². The summed E-state index contributed by atoms with van der Waals surface area (Å²) in [7, 11) is 0. The van der Waals surface area contributed by atoms with Crippen molar-refractivity contribution in [3.63, 3.8) is 0 Å². The Hall–Kier alpha value is -1.85. The summed E-state index contributed by atoms with van der Waals surface area (Å²) in [5.41, 5.74) is 0.546. The number of hydrogen-bond donors (Lipinski definition) is 2. The van der Waals surface area contributed by atoms with Crippen LogP contribution in [0.3, 0.4) is 0 Å². The number of thiophene rings is 1. The molecule has 2 rings (SSSR count). The Morgan fingerprint density at radius 3 is 2.67 bits per heavy atom. The van der Waals surface area contributed by atoms with Crippen molar-refractivity contribution >= 4 is 40.5 Å². The molecule has 2 aromatic rings. The van der Waals surface area contributed by atoms with Crippen LogP contribution < -0.4 is 5.32 Å². The zero-order valence-electron chi connectivity index (χ0n) is 9.01. The first kappa shape index (κ1) is 12.6. The third-order valence-electron chi connectivity index (χ3n) is 2.27. The Morgan fingerprint density at radius 1 is 1.28 bits per heavy atom. The van der Waals surface area contributed by atoms with Crippen molar-refractivity contribution in [2.45, 2.75) is 0 Å². The normalized spacial score (nSPS) is 10.1. The molecule has 0 fully saturated rings. The highest BCUT2D eigenvalue weighted by atomic mass is 35.5. The number of para-hydroxylation sites is 1. The monoisotopic (exact) mass is 281 g/mol. The molecule has 92 valence electrons. The molecule has 18 heavy (non-hydrogen) atoms. The van der Waals surface area contributed by atoms with Crippen molar-refractivity contribution in [3.8, 4) is 0 Å². The van der Waals surface area contributed by atoms with Crippen LogP contribution >= 0.6 is 22.9 Å². The molecule has 0 unspecified atom stereocenters. The topological polar surface area (TPSA) is 66.4 Å². The first-order valence-corrected chi connectivity index (χ1v) is 6.27. The molecule has 0 aliphatic rings. The molecule has 1 heterocycles. The fourth-order valence-electron chi connectivity index (χ4n) is 1.41. The quantitative estimate of drug-likeness (QED) is 0.906. The van der Waals surface area contributed by atoms with E-state index in [1.165, 1.54) is 29.5 Å². The number of carbonyl (C=O) groups is 2. The summed E-state index contributed by atoms with van der Waals surface area (Å²) in [6.45, 7) is 0. The minimum absolute atomic E-state index is 0.0360. The predicted molar refractivity (Wildman–Crippen MR) is 70.7 cm³/mol. The molecule has 0 aliphatic carbocycles. The van der Waals surface area contributed by atoms with Crippen LogP contribution in [0.25, 0.3) is 0 Å². The molecule has 0 saturated carbocycles. The van der Waals surface area contributed by atoms with Crippen LogP contribution in [-0.4, -0.2) is 17.0 Å². The first-order valence-electron chi connectivity index (χ1n) is 4.95. The van der Waals surface area contributed by atoms with Gasteiger partial charge in [0.2, 0.25) is 0 Å². The van der Waals surface area contributed by atoms with Crippen LogP contribution in [0, 0.1) is 0 Å². The summed E-state index contributed by atoms with van der Waals surface area (Å²) in [4.78, 5) is 22.9. The fraction of sp³-hybridized carbons (Fsp3) is 0. The van der Waals surface area contributed by atoms with Crippen molar-refractivity contribution in [1.82, 2.24) is 0 Å². The van der Waals surface area contributed by atoms with Crippen molar-refractivity contribution in [2.75, 3.05) is 5.32 Å². The Morgan fingerprint density at radius 2 is 2.06 bits per heavy atom. The second kappa shape index (κ2) is 5.20. The smallest absolute Gasteiger partial charge is 0.337 e. The molecule has 0 aliphatic heterocycles. The average molecular weight is 282 g/mol. The lowest BCUT2D eigenvalue weighted by Crippen LogP contribution is -2.14. The standard InChI is InChI=1S/C12H8ClNO3S/c13-9-3-1-2-8(12(16)17)10(9)14-11(15)7-4-5-18-6-7/h1-6H,(H,14,15)(H,16,17). The largest absolute Gasteiger partial charge is 0.478 e. The van der Waals surface area contributed by atoms with Crippen LogP contribution in [0.15, 0.2) is 35.0 Å². The van der Waals surface area contributed by atoms with Crippen molar-refractivity contribution < 1.29 is 14.7 Å². The molecular formula is C12H8ClNO3S. The minimum Gasteiger partial charge on any atom is -0.478 e. The average Bonchev–Trinajstić information content (AvgIpc) is 2.85. The number of halogens is 1. The maximum atomic E-state index is 11.8. The predicted octanol–water partition coefficient (Wildman–Crippen LogP) is 3.35. The van der Waals surface area contributed by atoms with E-state index in [0.717, 1.165) is 0 Å². The lowest BCUT2D eigenvalue weighted by Gasteiger charge is -2.09. The molecular weight excluding hydrogens is 274 g/mol. The summed E-state index contributed by atoms with van der Waals surface area (Å²) in [5.74, 6) is -1.52. The van der Waals surface area contributed by atoms with E-state index in [1.54, 1.807) is 16.8 Å².